The Morgan fingerprint density at radius 1 is 1.23 bits per heavy atom. The summed E-state index contributed by atoms with van der Waals surface area (Å²) in [6.45, 7) is 5.06. The van der Waals surface area contributed by atoms with Gasteiger partial charge < -0.3 is 14.2 Å². The molecule has 0 unspecified atom stereocenters. The second-order valence-corrected chi connectivity index (χ2v) is 5.80. The number of anilines is 1. The number of amides is 1. The molecule has 5 heteroatoms. The van der Waals surface area contributed by atoms with Crippen LogP contribution in [0.15, 0.2) is 41.0 Å². The number of hydrogen-bond donors (Lipinski definition) is 0. The fraction of sp³-hybridized carbons (Fsp3) is 0.353. The molecule has 0 bridgehead atoms. The topological polar surface area (TPSA) is 36.7 Å². The number of halogens is 1. The maximum Gasteiger partial charge on any atom is 0.222 e. The fourth-order valence-corrected chi connectivity index (χ4v) is 3.01. The van der Waals surface area contributed by atoms with Crippen LogP contribution >= 0.6 is 11.6 Å². The summed E-state index contributed by atoms with van der Waals surface area (Å²) in [5.74, 6) is 1.03. The van der Waals surface area contributed by atoms with Gasteiger partial charge in [-0.15, -0.1) is 0 Å². The number of hydrogen-bond acceptors (Lipinski definition) is 3. The first-order chi connectivity index (χ1) is 10.7. The lowest BCUT2D eigenvalue weighted by molar-refractivity contribution is -0.131. The summed E-state index contributed by atoms with van der Waals surface area (Å²) in [6.07, 6.45) is 2.23. The van der Waals surface area contributed by atoms with E-state index in [1.54, 1.807) is 6.26 Å². The summed E-state index contributed by atoms with van der Waals surface area (Å²) < 4.78 is 5.53. The summed E-state index contributed by atoms with van der Waals surface area (Å²) in [4.78, 5) is 16.0. The fourth-order valence-electron chi connectivity index (χ4n) is 2.83. The first-order valence-electron chi connectivity index (χ1n) is 7.55. The molecule has 3 rings (SSSR count). The maximum absolute atomic E-state index is 11.8. The van der Waals surface area contributed by atoms with Gasteiger partial charge >= 0.3 is 0 Å². The summed E-state index contributed by atoms with van der Waals surface area (Å²) in [7, 11) is 0. The average Bonchev–Trinajstić information content (AvgIpc) is 3.08. The van der Waals surface area contributed by atoms with Gasteiger partial charge in [0.2, 0.25) is 5.91 Å². The van der Waals surface area contributed by atoms with Gasteiger partial charge in [-0.1, -0.05) is 18.5 Å². The van der Waals surface area contributed by atoms with Gasteiger partial charge in [0.25, 0.3) is 0 Å². The minimum absolute atomic E-state index is 0.224. The molecule has 0 saturated carbocycles. The van der Waals surface area contributed by atoms with Crippen molar-refractivity contribution in [2.75, 3.05) is 31.1 Å². The number of furan rings is 1. The predicted molar refractivity (Wildman–Crippen MR) is 88.2 cm³/mol. The van der Waals surface area contributed by atoms with E-state index < -0.39 is 0 Å². The van der Waals surface area contributed by atoms with Gasteiger partial charge in [0.05, 0.1) is 6.26 Å². The molecule has 1 aromatic heterocycles. The smallest absolute Gasteiger partial charge is 0.222 e. The molecular formula is C17H19ClN2O2. The quantitative estimate of drug-likeness (QED) is 0.866. The van der Waals surface area contributed by atoms with E-state index in [1.807, 2.05) is 42.2 Å². The molecule has 1 saturated heterocycles. The van der Waals surface area contributed by atoms with Gasteiger partial charge in [-0.25, -0.2) is 0 Å². The van der Waals surface area contributed by atoms with Crippen molar-refractivity contribution in [2.45, 2.75) is 13.3 Å². The third-order valence-electron chi connectivity index (χ3n) is 4.02. The van der Waals surface area contributed by atoms with Crippen LogP contribution in [-0.2, 0) is 4.79 Å². The van der Waals surface area contributed by atoms with E-state index in [1.165, 1.54) is 0 Å². The molecule has 1 fully saturated rings. The van der Waals surface area contributed by atoms with Crippen LogP contribution in [0.1, 0.15) is 13.3 Å². The van der Waals surface area contributed by atoms with Crippen molar-refractivity contribution >= 4 is 23.2 Å². The van der Waals surface area contributed by atoms with Crippen molar-refractivity contribution in [1.82, 2.24) is 4.90 Å². The molecule has 0 aliphatic carbocycles. The first-order valence-corrected chi connectivity index (χ1v) is 7.93. The Labute approximate surface area is 135 Å². The van der Waals surface area contributed by atoms with Gasteiger partial charge in [-0.3, -0.25) is 4.79 Å². The van der Waals surface area contributed by atoms with E-state index in [2.05, 4.69) is 4.90 Å². The molecule has 2 aromatic rings. The van der Waals surface area contributed by atoms with E-state index in [0.717, 1.165) is 43.2 Å². The van der Waals surface area contributed by atoms with Crippen LogP contribution in [0.25, 0.3) is 11.3 Å². The highest BCUT2D eigenvalue weighted by atomic mass is 35.5. The molecule has 1 aliphatic rings. The predicted octanol–water partition coefficient (Wildman–Crippen LogP) is 3.66. The van der Waals surface area contributed by atoms with Gasteiger partial charge in [-0.2, -0.15) is 0 Å². The molecule has 2 heterocycles. The second-order valence-electron chi connectivity index (χ2n) is 5.36. The highest BCUT2D eigenvalue weighted by molar-refractivity contribution is 6.31. The van der Waals surface area contributed by atoms with Crippen molar-refractivity contribution in [3.8, 4) is 11.3 Å². The third-order valence-corrected chi connectivity index (χ3v) is 4.26. The van der Waals surface area contributed by atoms with Gasteiger partial charge in [-0.05, 0) is 30.3 Å². The van der Waals surface area contributed by atoms with Gasteiger partial charge in [0.15, 0.2) is 0 Å². The Morgan fingerprint density at radius 2 is 2.00 bits per heavy atom. The van der Waals surface area contributed by atoms with Crippen LogP contribution in [0, 0.1) is 0 Å². The summed E-state index contributed by atoms with van der Waals surface area (Å²) in [6, 6.07) is 9.66. The van der Waals surface area contributed by atoms with E-state index >= 15 is 0 Å². The van der Waals surface area contributed by atoms with Crippen molar-refractivity contribution < 1.29 is 9.21 Å². The molecule has 1 aromatic carbocycles. The molecule has 0 spiro atoms. The third kappa shape index (κ3) is 2.97. The molecule has 22 heavy (non-hydrogen) atoms. The van der Waals surface area contributed by atoms with Crippen LogP contribution in [0.3, 0.4) is 0 Å². The zero-order valence-corrected chi connectivity index (χ0v) is 13.3. The minimum Gasteiger partial charge on any atom is -0.464 e. The van der Waals surface area contributed by atoms with Crippen molar-refractivity contribution in [2.24, 2.45) is 0 Å². The normalized spacial score (nSPS) is 15.2. The van der Waals surface area contributed by atoms with Crippen molar-refractivity contribution in [3.05, 3.63) is 41.6 Å². The zero-order valence-electron chi connectivity index (χ0n) is 12.6. The molecule has 0 N–H and O–H groups in total. The molecule has 116 valence electrons. The highest BCUT2D eigenvalue weighted by Crippen LogP contribution is 2.34. The lowest BCUT2D eigenvalue weighted by atomic mass is 10.1. The largest absolute Gasteiger partial charge is 0.464 e. The highest BCUT2D eigenvalue weighted by Gasteiger charge is 2.22. The maximum atomic E-state index is 11.8. The Kier molecular flexibility index (Phi) is 4.39. The van der Waals surface area contributed by atoms with E-state index in [9.17, 15) is 4.79 Å². The minimum atomic E-state index is 0.224. The monoisotopic (exact) mass is 318 g/mol. The van der Waals surface area contributed by atoms with Gasteiger partial charge in [0, 0.05) is 48.9 Å². The van der Waals surface area contributed by atoms with E-state index in [4.69, 9.17) is 16.0 Å². The van der Waals surface area contributed by atoms with Crippen LogP contribution in [0.2, 0.25) is 5.02 Å². The first kappa shape index (κ1) is 15.0. The number of rotatable bonds is 3. The van der Waals surface area contributed by atoms with Crippen LogP contribution in [0.5, 0.6) is 0 Å². The Morgan fingerprint density at radius 3 is 2.64 bits per heavy atom. The number of carbonyl (C=O) groups is 1. The second kappa shape index (κ2) is 6.44. The van der Waals surface area contributed by atoms with Crippen molar-refractivity contribution in [1.29, 1.82) is 0 Å². The number of carbonyl (C=O) groups excluding carboxylic acids is 1. The number of piperazine rings is 1. The van der Waals surface area contributed by atoms with Crippen LogP contribution in [0.4, 0.5) is 5.69 Å². The summed E-state index contributed by atoms with van der Waals surface area (Å²) in [5, 5.41) is 0.690. The van der Waals surface area contributed by atoms with Crippen molar-refractivity contribution in [3.63, 3.8) is 0 Å². The molecule has 4 nitrogen and oxygen atoms in total. The molecule has 1 aliphatic heterocycles. The Hall–Kier alpha value is -1.94. The van der Waals surface area contributed by atoms with Gasteiger partial charge in [0.1, 0.15) is 5.76 Å². The SMILES string of the molecule is CCC(=O)N1CCN(c2ccc(Cl)cc2-c2ccco2)CC1. The number of benzene rings is 1. The molecule has 1 amide bonds. The lowest BCUT2D eigenvalue weighted by Crippen LogP contribution is -2.48. The molecule has 0 atom stereocenters. The number of nitrogens with zero attached hydrogens (tertiary/aromatic N) is 2. The molecular weight excluding hydrogens is 300 g/mol. The Bertz CT molecular complexity index is 647. The van der Waals surface area contributed by atoms with E-state index in [-0.39, 0.29) is 5.91 Å². The summed E-state index contributed by atoms with van der Waals surface area (Å²) >= 11 is 6.14. The average molecular weight is 319 g/mol. The summed E-state index contributed by atoms with van der Waals surface area (Å²) in [5.41, 5.74) is 2.09. The zero-order chi connectivity index (χ0) is 15.5. The van der Waals surface area contributed by atoms with E-state index in [0.29, 0.717) is 11.4 Å². The Balaban J connectivity index is 1.83. The van der Waals surface area contributed by atoms with Crippen LogP contribution < -0.4 is 4.90 Å². The molecule has 0 radical (unpaired) electrons. The lowest BCUT2D eigenvalue weighted by Gasteiger charge is -2.36. The standard InChI is InChI=1S/C17H19ClN2O2/c1-2-17(21)20-9-7-19(8-10-20)15-6-5-13(18)12-14(15)16-4-3-11-22-16/h3-6,11-12H,2,7-10H2,1H3. The van der Waals surface area contributed by atoms with Crippen LogP contribution in [-0.4, -0.2) is 37.0 Å².